The second-order valence-corrected chi connectivity index (χ2v) is 3.64. The van der Waals surface area contributed by atoms with Gasteiger partial charge < -0.3 is 11.1 Å². The third-order valence-electron chi connectivity index (χ3n) is 2.18. The maximum atomic E-state index is 5.72. The predicted molar refractivity (Wildman–Crippen MR) is 63.5 cm³/mol. The molecule has 0 saturated carbocycles. The molecule has 0 aliphatic carbocycles. The van der Waals surface area contributed by atoms with Crippen molar-refractivity contribution >= 4 is 11.4 Å². The fourth-order valence-electron chi connectivity index (χ4n) is 1.37. The van der Waals surface area contributed by atoms with Crippen LogP contribution < -0.4 is 11.1 Å². The number of nitrogen functional groups attached to an aromatic ring is 1. The zero-order valence-corrected chi connectivity index (χ0v) is 8.88. The first kappa shape index (κ1) is 10.6. The van der Waals surface area contributed by atoms with E-state index >= 15 is 0 Å². The van der Waals surface area contributed by atoms with Gasteiger partial charge >= 0.3 is 0 Å². The van der Waals surface area contributed by atoms with Crippen LogP contribution in [0.5, 0.6) is 0 Å². The van der Waals surface area contributed by atoms with Crippen LogP contribution in [-0.2, 0) is 0 Å². The zero-order chi connectivity index (χ0) is 10.6. The maximum Gasteiger partial charge on any atom is 0.0392 e. The van der Waals surface area contributed by atoms with Gasteiger partial charge in [-0.2, -0.15) is 0 Å². The molecule has 0 saturated heterocycles. The van der Waals surface area contributed by atoms with E-state index in [2.05, 4.69) is 25.7 Å². The third-order valence-corrected chi connectivity index (χ3v) is 2.18. The van der Waals surface area contributed by atoms with E-state index in [-0.39, 0.29) is 0 Å². The summed E-state index contributed by atoms with van der Waals surface area (Å²) in [5, 5.41) is 3.40. The summed E-state index contributed by atoms with van der Waals surface area (Å²) in [4.78, 5) is 0. The van der Waals surface area contributed by atoms with Gasteiger partial charge in [0.05, 0.1) is 0 Å². The van der Waals surface area contributed by atoms with E-state index in [1.165, 1.54) is 5.56 Å². The molecule has 0 radical (unpaired) electrons. The van der Waals surface area contributed by atoms with E-state index in [1.54, 1.807) is 0 Å². The second kappa shape index (κ2) is 4.70. The summed E-state index contributed by atoms with van der Waals surface area (Å²) in [6.45, 7) is 7.92. The number of nitrogens with one attached hydrogen (secondary N) is 1. The number of hydrogen-bond donors (Lipinski definition) is 2. The topological polar surface area (TPSA) is 38.0 Å². The number of benzene rings is 1. The Morgan fingerprint density at radius 3 is 2.93 bits per heavy atom. The fraction of sp³-hybridized carbons (Fsp3) is 0.333. The van der Waals surface area contributed by atoms with Crippen LogP contribution in [0.1, 0.15) is 18.9 Å². The number of anilines is 2. The van der Waals surface area contributed by atoms with Crippen LogP contribution in [0, 0.1) is 6.92 Å². The number of nitrogens with two attached hydrogens (primary N) is 1. The van der Waals surface area contributed by atoms with E-state index in [9.17, 15) is 0 Å². The van der Waals surface area contributed by atoms with Crippen molar-refractivity contribution in [3.8, 4) is 0 Å². The van der Waals surface area contributed by atoms with Crippen LogP contribution in [0.15, 0.2) is 30.9 Å². The van der Waals surface area contributed by atoms with Gasteiger partial charge in [0.25, 0.3) is 0 Å². The average Bonchev–Trinajstić information content (AvgIpc) is 2.12. The van der Waals surface area contributed by atoms with E-state index in [0.717, 1.165) is 17.8 Å². The summed E-state index contributed by atoms with van der Waals surface area (Å²) in [5.74, 6) is 0. The van der Waals surface area contributed by atoms with E-state index in [1.807, 2.05) is 24.3 Å². The molecule has 1 atom stereocenters. The molecule has 1 aromatic rings. The van der Waals surface area contributed by atoms with E-state index < -0.39 is 0 Å². The highest BCUT2D eigenvalue weighted by Crippen LogP contribution is 2.19. The molecule has 2 heteroatoms. The average molecular weight is 190 g/mol. The van der Waals surface area contributed by atoms with Crippen molar-refractivity contribution in [3.05, 3.63) is 36.4 Å². The predicted octanol–water partition coefficient (Wildman–Crippen LogP) is 2.95. The van der Waals surface area contributed by atoms with Crippen molar-refractivity contribution in [3.63, 3.8) is 0 Å². The van der Waals surface area contributed by atoms with Gasteiger partial charge in [-0.15, -0.1) is 6.58 Å². The Balaban J connectivity index is 2.74. The number of aryl methyl sites for hydroxylation is 1. The van der Waals surface area contributed by atoms with Crippen LogP contribution in [0.2, 0.25) is 0 Å². The molecule has 1 unspecified atom stereocenters. The first-order chi connectivity index (χ1) is 6.63. The molecule has 0 bridgehead atoms. The minimum Gasteiger partial charge on any atom is -0.399 e. The molecule has 14 heavy (non-hydrogen) atoms. The summed E-state index contributed by atoms with van der Waals surface area (Å²) in [5.41, 5.74) is 8.84. The lowest BCUT2D eigenvalue weighted by Gasteiger charge is -2.15. The molecule has 0 amide bonds. The van der Waals surface area contributed by atoms with Crippen LogP contribution in [0.3, 0.4) is 0 Å². The van der Waals surface area contributed by atoms with Gasteiger partial charge in [0, 0.05) is 17.4 Å². The normalized spacial score (nSPS) is 12.1. The second-order valence-electron chi connectivity index (χ2n) is 3.64. The van der Waals surface area contributed by atoms with Gasteiger partial charge in [-0.25, -0.2) is 0 Å². The van der Waals surface area contributed by atoms with Crippen LogP contribution in [0.4, 0.5) is 11.4 Å². The molecule has 3 N–H and O–H groups in total. The summed E-state index contributed by atoms with van der Waals surface area (Å²) >= 11 is 0. The smallest absolute Gasteiger partial charge is 0.0392 e. The molecule has 0 fully saturated rings. The van der Waals surface area contributed by atoms with E-state index in [4.69, 9.17) is 5.73 Å². The first-order valence-electron chi connectivity index (χ1n) is 4.87. The van der Waals surface area contributed by atoms with Crippen LogP contribution in [-0.4, -0.2) is 6.04 Å². The third kappa shape index (κ3) is 2.80. The lowest BCUT2D eigenvalue weighted by Crippen LogP contribution is -2.14. The summed E-state index contributed by atoms with van der Waals surface area (Å²) < 4.78 is 0. The first-order valence-corrected chi connectivity index (χ1v) is 4.87. The van der Waals surface area contributed by atoms with Crippen molar-refractivity contribution in [2.75, 3.05) is 11.1 Å². The van der Waals surface area contributed by atoms with Crippen molar-refractivity contribution in [1.29, 1.82) is 0 Å². The van der Waals surface area contributed by atoms with Gasteiger partial charge in [-0.3, -0.25) is 0 Å². The molecule has 0 aliphatic heterocycles. The molecule has 0 spiro atoms. The molecule has 0 aromatic heterocycles. The monoisotopic (exact) mass is 190 g/mol. The molecule has 2 nitrogen and oxygen atoms in total. The zero-order valence-electron chi connectivity index (χ0n) is 8.88. The van der Waals surface area contributed by atoms with Gasteiger partial charge in [0.1, 0.15) is 0 Å². The van der Waals surface area contributed by atoms with Crippen LogP contribution >= 0.6 is 0 Å². The van der Waals surface area contributed by atoms with Gasteiger partial charge in [0.15, 0.2) is 0 Å². The minimum atomic E-state index is 0.396. The molecular formula is C12H18N2. The van der Waals surface area contributed by atoms with Crippen molar-refractivity contribution < 1.29 is 0 Å². The Hall–Kier alpha value is -1.44. The van der Waals surface area contributed by atoms with Crippen molar-refractivity contribution in [2.45, 2.75) is 26.3 Å². The summed E-state index contributed by atoms with van der Waals surface area (Å²) in [6, 6.07) is 6.30. The Kier molecular flexibility index (Phi) is 3.57. The molecular weight excluding hydrogens is 172 g/mol. The Morgan fingerprint density at radius 1 is 1.57 bits per heavy atom. The SMILES string of the molecule is C=CCC(C)Nc1cc(N)ccc1C. The summed E-state index contributed by atoms with van der Waals surface area (Å²) in [6.07, 6.45) is 2.87. The lowest BCUT2D eigenvalue weighted by atomic mass is 10.1. The number of hydrogen-bond acceptors (Lipinski definition) is 2. The lowest BCUT2D eigenvalue weighted by molar-refractivity contribution is 0.813. The quantitative estimate of drug-likeness (QED) is 0.566. The number of rotatable bonds is 4. The highest BCUT2D eigenvalue weighted by molar-refractivity contribution is 5.59. The fourth-order valence-corrected chi connectivity index (χ4v) is 1.37. The maximum absolute atomic E-state index is 5.72. The minimum absolute atomic E-state index is 0.396. The Labute approximate surface area is 85.8 Å². The molecule has 0 aliphatic rings. The van der Waals surface area contributed by atoms with Crippen LogP contribution in [0.25, 0.3) is 0 Å². The van der Waals surface area contributed by atoms with Gasteiger partial charge in [-0.05, 0) is 38.0 Å². The van der Waals surface area contributed by atoms with Crippen molar-refractivity contribution in [2.24, 2.45) is 0 Å². The largest absolute Gasteiger partial charge is 0.399 e. The van der Waals surface area contributed by atoms with Gasteiger partial charge in [-0.1, -0.05) is 12.1 Å². The molecule has 0 heterocycles. The highest BCUT2D eigenvalue weighted by atomic mass is 14.9. The molecule has 76 valence electrons. The highest BCUT2D eigenvalue weighted by Gasteiger charge is 2.02. The molecule has 1 rings (SSSR count). The summed E-state index contributed by atoms with van der Waals surface area (Å²) in [7, 11) is 0. The Morgan fingerprint density at radius 2 is 2.29 bits per heavy atom. The standard InChI is InChI=1S/C12H18N2/c1-4-5-10(3)14-12-8-11(13)7-6-9(12)2/h4,6-8,10,14H,1,5,13H2,2-3H3. The Bertz CT molecular complexity index is 318. The molecule has 1 aromatic carbocycles. The van der Waals surface area contributed by atoms with E-state index in [0.29, 0.717) is 6.04 Å². The van der Waals surface area contributed by atoms with Crippen molar-refractivity contribution in [1.82, 2.24) is 0 Å². The van der Waals surface area contributed by atoms with Gasteiger partial charge in [0.2, 0.25) is 0 Å².